The van der Waals surface area contributed by atoms with Crippen molar-refractivity contribution in [2.75, 3.05) is 18.4 Å². The van der Waals surface area contributed by atoms with Crippen molar-refractivity contribution in [3.63, 3.8) is 0 Å². The summed E-state index contributed by atoms with van der Waals surface area (Å²) in [5.41, 5.74) is 0.778. The summed E-state index contributed by atoms with van der Waals surface area (Å²) in [7, 11) is 0. The topological polar surface area (TPSA) is 69.6 Å². The van der Waals surface area contributed by atoms with E-state index in [1.807, 2.05) is 0 Å². The van der Waals surface area contributed by atoms with Gasteiger partial charge < -0.3 is 15.3 Å². The number of para-hydroxylation sites is 1. The SMILES string of the molecule is Cc1cccc(F)c1NC(=O)N1CCC[C@@H](C(=O)O)C1. The molecule has 0 aliphatic carbocycles. The Kier molecular flexibility index (Phi) is 4.22. The molecule has 1 aromatic carbocycles. The number of likely N-dealkylation sites (tertiary alicyclic amines) is 1. The third-order valence-corrected chi connectivity index (χ3v) is 3.51. The number of nitrogens with zero attached hydrogens (tertiary/aromatic N) is 1. The van der Waals surface area contributed by atoms with Gasteiger partial charge in [-0.25, -0.2) is 9.18 Å². The Morgan fingerprint density at radius 3 is 2.85 bits per heavy atom. The molecule has 1 aromatic rings. The lowest BCUT2D eigenvalue weighted by atomic mass is 9.99. The van der Waals surface area contributed by atoms with E-state index in [0.717, 1.165) is 0 Å². The van der Waals surface area contributed by atoms with Crippen LogP contribution in [0.15, 0.2) is 18.2 Å². The number of hydrogen-bond acceptors (Lipinski definition) is 2. The smallest absolute Gasteiger partial charge is 0.321 e. The van der Waals surface area contributed by atoms with Crippen molar-refractivity contribution in [2.24, 2.45) is 5.92 Å². The minimum Gasteiger partial charge on any atom is -0.481 e. The van der Waals surface area contributed by atoms with Crippen LogP contribution in [0.2, 0.25) is 0 Å². The van der Waals surface area contributed by atoms with Gasteiger partial charge in [-0.15, -0.1) is 0 Å². The van der Waals surface area contributed by atoms with Crippen LogP contribution in [-0.4, -0.2) is 35.1 Å². The van der Waals surface area contributed by atoms with Crippen LogP contribution >= 0.6 is 0 Å². The average molecular weight is 280 g/mol. The molecule has 1 aliphatic heterocycles. The van der Waals surface area contributed by atoms with Gasteiger partial charge in [0.2, 0.25) is 0 Å². The largest absolute Gasteiger partial charge is 0.481 e. The normalized spacial score (nSPS) is 18.7. The number of aryl methyl sites for hydroxylation is 1. The Hall–Kier alpha value is -2.11. The first-order valence-electron chi connectivity index (χ1n) is 6.53. The van der Waals surface area contributed by atoms with Gasteiger partial charge in [0.1, 0.15) is 5.82 Å². The number of carbonyl (C=O) groups is 2. The molecule has 2 N–H and O–H groups in total. The van der Waals surface area contributed by atoms with Gasteiger partial charge in [0, 0.05) is 13.1 Å². The van der Waals surface area contributed by atoms with Crippen LogP contribution in [0.25, 0.3) is 0 Å². The van der Waals surface area contributed by atoms with Gasteiger partial charge in [-0.2, -0.15) is 0 Å². The highest BCUT2D eigenvalue weighted by Gasteiger charge is 2.28. The molecule has 20 heavy (non-hydrogen) atoms. The predicted octanol–water partition coefficient (Wildman–Crippen LogP) is 2.46. The molecule has 1 aliphatic rings. The van der Waals surface area contributed by atoms with Gasteiger partial charge in [-0.05, 0) is 31.4 Å². The van der Waals surface area contributed by atoms with Gasteiger partial charge in [0.25, 0.3) is 0 Å². The Labute approximate surface area is 116 Å². The number of nitrogens with one attached hydrogen (secondary N) is 1. The number of carboxylic acids is 1. The molecule has 1 heterocycles. The number of hydrogen-bond donors (Lipinski definition) is 2. The number of anilines is 1. The molecule has 2 amide bonds. The first-order chi connectivity index (χ1) is 9.49. The summed E-state index contributed by atoms with van der Waals surface area (Å²) in [5.74, 6) is -1.94. The summed E-state index contributed by atoms with van der Waals surface area (Å²) in [6, 6.07) is 4.10. The number of aliphatic carboxylic acids is 1. The standard InChI is InChI=1S/C14H17FN2O3/c1-9-4-2-6-11(15)12(9)16-14(20)17-7-3-5-10(8-17)13(18)19/h2,4,6,10H,3,5,7-8H2,1H3,(H,16,20)(H,18,19)/t10-/m1/s1. The first-order valence-corrected chi connectivity index (χ1v) is 6.53. The van der Waals surface area contributed by atoms with Crippen molar-refractivity contribution in [3.8, 4) is 0 Å². The molecule has 5 nitrogen and oxygen atoms in total. The Morgan fingerprint density at radius 2 is 2.20 bits per heavy atom. The summed E-state index contributed by atoms with van der Waals surface area (Å²) >= 11 is 0. The third kappa shape index (κ3) is 3.07. The predicted molar refractivity (Wildman–Crippen MR) is 72.1 cm³/mol. The fourth-order valence-corrected chi connectivity index (χ4v) is 2.34. The van der Waals surface area contributed by atoms with Gasteiger partial charge >= 0.3 is 12.0 Å². The monoisotopic (exact) mass is 280 g/mol. The molecule has 0 aromatic heterocycles. The second kappa shape index (κ2) is 5.90. The van der Waals surface area contributed by atoms with Crippen LogP contribution in [0.1, 0.15) is 18.4 Å². The van der Waals surface area contributed by atoms with Crippen molar-refractivity contribution in [1.82, 2.24) is 4.90 Å². The molecule has 0 bridgehead atoms. The Morgan fingerprint density at radius 1 is 1.45 bits per heavy atom. The fraction of sp³-hybridized carbons (Fsp3) is 0.429. The van der Waals surface area contributed by atoms with Gasteiger partial charge in [-0.3, -0.25) is 4.79 Å². The van der Waals surface area contributed by atoms with Crippen molar-refractivity contribution in [2.45, 2.75) is 19.8 Å². The van der Waals surface area contributed by atoms with Crippen LogP contribution in [0, 0.1) is 18.7 Å². The summed E-state index contributed by atoms with van der Waals surface area (Å²) < 4.78 is 13.7. The summed E-state index contributed by atoms with van der Waals surface area (Å²) in [6.45, 7) is 2.35. The molecule has 0 spiro atoms. The molecular formula is C14H17FN2O3. The van der Waals surface area contributed by atoms with Gasteiger partial charge in [0.05, 0.1) is 11.6 Å². The summed E-state index contributed by atoms with van der Waals surface area (Å²) in [4.78, 5) is 24.5. The Bertz CT molecular complexity index is 513. The second-order valence-electron chi connectivity index (χ2n) is 4.99. The molecule has 1 atom stereocenters. The summed E-state index contributed by atoms with van der Waals surface area (Å²) in [5, 5.41) is 11.5. The fourth-order valence-electron chi connectivity index (χ4n) is 2.34. The van der Waals surface area contributed by atoms with Crippen molar-refractivity contribution in [1.29, 1.82) is 0 Å². The van der Waals surface area contributed by atoms with E-state index in [1.54, 1.807) is 19.1 Å². The molecule has 2 rings (SSSR count). The van der Waals surface area contributed by atoms with E-state index in [9.17, 15) is 14.0 Å². The molecule has 1 saturated heterocycles. The van der Waals surface area contributed by atoms with E-state index < -0.39 is 23.7 Å². The molecular weight excluding hydrogens is 263 g/mol. The van der Waals surface area contributed by atoms with E-state index >= 15 is 0 Å². The van der Waals surface area contributed by atoms with E-state index in [2.05, 4.69) is 5.32 Å². The lowest BCUT2D eigenvalue weighted by Crippen LogP contribution is -2.44. The quantitative estimate of drug-likeness (QED) is 0.874. The van der Waals surface area contributed by atoms with Crippen molar-refractivity contribution in [3.05, 3.63) is 29.6 Å². The zero-order valence-electron chi connectivity index (χ0n) is 11.2. The van der Waals surface area contributed by atoms with Crippen LogP contribution < -0.4 is 5.32 Å². The molecule has 1 fully saturated rings. The van der Waals surface area contributed by atoms with Crippen LogP contribution in [-0.2, 0) is 4.79 Å². The number of amides is 2. The first kappa shape index (κ1) is 14.3. The minimum absolute atomic E-state index is 0.148. The Balaban J connectivity index is 2.06. The van der Waals surface area contributed by atoms with E-state index in [4.69, 9.17) is 5.11 Å². The number of piperidine rings is 1. The lowest BCUT2D eigenvalue weighted by Gasteiger charge is -2.30. The van der Waals surface area contributed by atoms with E-state index in [-0.39, 0.29) is 12.2 Å². The van der Waals surface area contributed by atoms with Crippen LogP contribution in [0.4, 0.5) is 14.9 Å². The van der Waals surface area contributed by atoms with Crippen molar-refractivity contribution < 1.29 is 19.1 Å². The maximum absolute atomic E-state index is 13.7. The third-order valence-electron chi connectivity index (χ3n) is 3.51. The average Bonchev–Trinajstić information content (AvgIpc) is 2.43. The number of benzene rings is 1. The van der Waals surface area contributed by atoms with Crippen molar-refractivity contribution >= 4 is 17.7 Å². The van der Waals surface area contributed by atoms with Crippen LogP contribution in [0.3, 0.4) is 0 Å². The minimum atomic E-state index is -0.899. The number of halogens is 1. The number of carbonyl (C=O) groups excluding carboxylic acids is 1. The highest BCUT2D eigenvalue weighted by atomic mass is 19.1. The number of urea groups is 1. The zero-order chi connectivity index (χ0) is 14.7. The van der Waals surface area contributed by atoms with Gasteiger partial charge in [0.15, 0.2) is 0 Å². The molecule has 0 radical (unpaired) electrons. The maximum Gasteiger partial charge on any atom is 0.321 e. The molecule has 0 unspecified atom stereocenters. The second-order valence-corrected chi connectivity index (χ2v) is 4.99. The van der Waals surface area contributed by atoms with E-state index in [0.29, 0.717) is 24.9 Å². The summed E-state index contributed by atoms with van der Waals surface area (Å²) in [6.07, 6.45) is 1.21. The van der Waals surface area contributed by atoms with Gasteiger partial charge in [-0.1, -0.05) is 12.1 Å². The molecule has 6 heteroatoms. The molecule has 0 saturated carbocycles. The maximum atomic E-state index is 13.7. The number of carboxylic acid groups (broad SMARTS) is 1. The molecule has 108 valence electrons. The highest BCUT2D eigenvalue weighted by molar-refractivity contribution is 5.90. The zero-order valence-corrected chi connectivity index (χ0v) is 11.2. The van der Waals surface area contributed by atoms with E-state index in [1.165, 1.54) is 11.0 Å². The lowest BCUT2D eigenvalue weighted by molar-refractivity contribution is -0.143. The number of rotatable bonds is 2. The highest BCUT2D eigenvalue weighted by Crippen LogP contribution is 2.21. The van der Waals surface area contributed by atoms with Crippen LogP contribution in [0.5, 0.6) is 0 Å².